The maximum atomic E-state index is 13.0. The number of rotatable bonds is 5. The molecule has 2 heterocycles. The molecular weight excluding hydrogens is 420 g/mol. The monoisotopic (exact) mass is 448 g/mol. The Balaban J connectivity index is 1.93. The van der Waals surface area contributed by atoms with Crippen LogP contribution in [0.25, 0.3) is 11.3 Å². The highest BCUT2D eigenvalue weighted by atomic mass is 32.2. The van der Waals surface area contributed by atoms with Crippen LogP contribution in [0.5, 0.6) is 5.88 Å². The molecule has 1 aliphatic heterocycles. The van der Waals surface area contributed by atoms with Crippen LogP contribution in [0.4, 0.5) is 5.69 Å². The summed E-state index contributed by atoms with van der Waals surface area (Å²) in [6.07, 6.45) is 1.53. The predicted octanol–water partition coefficient (Wildman–Crippen LogP) is 5.80. The van der Waals surface area contributed by atoms with Gasteiger partial charge in [-0.1, -0.05) is 66.6 Å². The number of carbonyl (C=O) groups is 1. The lowest BCUT2D eigenvalue weighted by atomic mass is 10.00. The van der Waals surface area contributed by atoms with E-state index in [9.17, 15) is 4.79 Å². The Morgan fingerprint density at radius 3 is 2.66 bits per heavy atom. The molecule has 0 bridgehead atoms. The lowest BCUT2D eigenvalue weighted by Crippen LogP contribution is -2.36. The zero-order chi connectivity index (χ0) is 22.8. The molecule has 6 nitrogen and oxygen atoms in total. The molecule has 0 saturated carbocycles. The van der Waals surface area contributed by atoms with Crippen molar-refractivity contribution in [3.63, 3.8) is 0 Å². The molecule has 0 fully saturated rings. The molecule has 1 aromatic heterocycles. The van der Waals surface area contributed by atoms with Gasteiger partial charge >= 0.3 is 0 Å². The van der Waals surface area contributed by atoms with Gasteiger partial charge in [-0.05, 0) is 38.8 Å². The van der Waals surface area contributed by atoms with Crippen molar-refractivity contribution in [3.8, 4) is 17.1 Å². The predicted molar refractivity (Wildman–Crippen MR) is 128 cm³/mol. The molecule has 1 aliphatic rings. The van der Waals surface area contributed by atoms with Gasteiger partial charge in [0.15, 0.2) is 5.69 Å². The molecule has 1 amide bonds. The molecule has 0 aliphatic carbocycles. The fraction of sp³-hybridized carbons (Fsp3) is 0.360. The standard InChI is InChI=1S/C25H28N4O2S/c1-6-7-11-32-25-26-23-21(27-28-25)20-14-16(3)12-17(4)22(20)29(18(5)30)24(31-23)19-10-8-9-15(2)13-19/h8-10,12-14,24H,6-7,11H2,1-5H3. The Kier molecular flexibility index (Phi) is 6.46. The average Bonchev–Trinajstić information content (AvgIpc) is 2.88. The lowest BCUT2D eigenvalue weighted by Gasteiger charge is -2.31. The number of benzene rings is 2. The van der Waals surface area contributed by atoms with Crippen LogP contribution in [-0.4, -0.2) is 26.8 Å². The number of fused-ring (bicyclic) bond motifs is 3. The van der Waals surface area contributed by atoms with Gasteiger partial charge in [-0.25, -0.2) is 0 Å². The Morgan fingerprint density at radius 1 is 1.12 bits per heavy atom. The molecule has 4 rings (SSSR count). The van der Waals surface area contributed by atoms with E-state index in [4.69, 9.17) is 9.72 Å². The van der Waals surface area contributed by atoms with E-state index in [0.29, 0.717) is 16.7 Å². The van der Waals surface area contributed by atoms with Crippen LogP contribution in [-0.2, 0) is 4.79 Å². The quantitative estimate of drug-likeness (QED) is 0.363. The van der Waals surface area contributed by atoms with E-state index in [1.165, 1.54) is 0 Å². The van der Waals surface area contributed by atoms with E-state index in [1.54, 1.807) is 23.6 Å². The molecule has 0 saturated heterocycles. The van der Waals surface area contributed by atoms with Crippen LogP contribution in [0.3, 0.4) is 0 Å². The Bertz CT molecular complexity index is 1160. The van der Waals surface area contributed by atoms with Crippen molar-refractivity contribution >= 4 is 23.4 Å². The van der Waals surface area contributed by atoms with E-state index in [-0.39, 0.29) is 5.91 Å². The van der Waals surface area contributed by atoms with E-state index in [0.717, 1.165) is 52.1 Å². The summed E-state index contributed by atoms with van der Waals surface area (Å²) in [4.78, 5) is 19.4. The number of carbonyl (C=O) groups excluding carboxylic acids is 1. The van der Waals surface area contributed by atoms with Crippen LogP contribution in [0, 0.1) is 20.8 Å². The molecule has 0 spiro atoms. The van der Waals surface area contributed by atoms with Crippen LogP contribution in [0.15, 0.2) is 41.6 Å². The summed E-state index contributed by atoms with van der Waals surface area (Å²) in [7, 11) is 0. The van der Waals surface area contributed by atoms with E-state index in [1.807, 2.05) is 51.1 Å². The van der Waals surface area contributed by atoms with E-state index >= 15 is 0 Å². The summed E-state index contributed by atoms with van der Waals surface area (Å²) in [6.45, 7) is 9.79. The van der Waals surface area contributed by atoms with Crippen molar-refractivity contribution in [2.45, 2.75) is 58.8 Å². The first-order chi connectivity index (χ1) is 15.4. The smallest absolute Gasteiger partial charge is 0.247 e. The third-order valence-electron chi connectivity index (χ3n) is 5.43. The van der Waals surface area contributed by atoms with Gasteiger partial charge in [0.25, 0.3) is 0 Å². The van der Waals surface area contributed by atoms with E-state index < -0.39 is 6.23 Å². The summed E-state index contributed by atoms with van der Waals surface area (Å²) in [5, 5.41) is 9.47. The Hall–Kier alpha value is -2.93. The highest BCUT2D eigenvalue weighted by Crippen LogP contribution is 2.45. The second kappa shape index (κ2) is 9.28. The number of aryl methyl sites for hydroxylation is 3. The third-order valence-corrected chi connectivity index (χ3v) is 6.35. The molecule has 0 N–H and O–H groups in total. The third kappa shape index (κ3) is 4.35. The van der Waals surface area contributed by atoms with Crippen molar-refractivity contribution in [2.75, 3.05) is 10.7 Å². The SMILES string of the molecule is CCCCSc1nnc2c(n1)OC(c1cccc(C)c1)N(C(C)=O)c1c(C)cc(C)cc1-2. The largest absolute Gasteiger partial charge is 0.447 e. The fourth-order valence-corrected chi connectivity index (χ4v) is 4.88. The number of aromatic nitrogens is 3. The van der Waals surface area contributed by atoms with Gasteiger partial charge in [0.1, 0.15) is 0 Å². The number of thioether (sulfide) groups is 1. The first-order valence-electron chi connectivity index (χ1n) is 10.9. The van der Waals surface area contributed by atoms with Crippen molar-refractivity contribution in [1.29, 1.82) is 0 Å². The second-order valence-electron chi connectivity index (χ2n) is 8.20. The topological polar surface area (TPSA) is 68.2 Å². The number of ether oxygens (including phenoxy) is 1. The average molecular weight is 449 g/mol. The molecule has 32 heavy (non-hydrogen) atoms. The van der Waals surface area contributed by atoms with Gasteiger partial charge < -0.3 is 4.74 Å². The van der Waals surface area contributed by atoms with Gasteiger partial charge in [-0.3, -0.25) is 9.69 Å². The van der Waals surface area contributed by atoms with Gasteiger partial charge in [-0.2, -0.15) is 4.98 Å². The number of nitrogens with zero attached hydrogens (tertiary/aromatic N) is 4. The van der Waals surface area contributed by atoms with Crippen LogP contribution < -0.4 is 9.64 Å². The number of unbranched alkanes of at least 4 members (excludes halogenated alkanes) is 1. The molecule has 7 heteroatoms. The van der Waals surface area contributed by atoms with Gasteiger partial charge in [0, 0.05) is 23.8 Å². The zero-order valence-electron chi connectivity index (χ0n) is 19.2. The van der Waals surface area contributed by atoms with Gasteiger partial charge in [0.2, 0.25) is 23.2 Å². The number of hydrogen-bond donors (Lipinski definition) is 0. The van der Waals surface area contributed by atoms with Gasteiger partial charge in [0.05, 0.1) is 5.69 Å². The Morgan fingerprint density at radius 2 is 1.94 bits per heavy atom. The Labute approximate surface area is 193 Å². The summed E-state index contributed by atoms with van der Waals surface area (Å²) in [6, 6.07) is 12.1. The minimum Gasteiger partial charge on any atom is -0.447 e. The zero-order valence-corrected chi connectivity index (χ0v) is 20.0. The molecule has 1 atom stereocenters. The number of hydrogen-bond acceptors (Lipinski definition) is 6. The lowest BCUT2D eigenvalue weighted by molar-refractivity contribution is -0.118. The minimum atomic E-state index is -0.654. The van der Waals surface area contributed by atoms with E-state index in [2.05, 4.69) is 23.2 Å². The van der Waals surface area contributed by atoms with Crippen molar-refractivity contribution in [2.24, 2.45) is 0 Å². The molecule has 1 unspecified atom stereocenters. The maximum absolute atomic E-state index is 13.0. The number of anilines is 1. The van der Waals surface area contributed by atoms with Crippen molar-refractivity contribution < 1.29 is 9.53 Å². The summed E-state index contributed by atoms with van der Waals surface area (Å²) >= 11 is 1.57. The molecule has 166 valence electrons. The highest BCUT2D eigenvalue weighted by Gasteiger charge is 2.35. The first-order valence-corrected chi connectivity index (χ1v) is 11.9. The fourth-order valence-electron chi connectivity index (χ4n) is 4.02. The summed E-state index contributed by atoms with van der Waals surface area (Å²) in [5.41, 5.74) is 6.20. The molecule has 2 aromatic carbocycles. The maximum Gasteiger partial charge on any atom is 0.247 e. The molecule has 3 aromatic rings. The normalized spacial score (nSPS) is 14.9. The second-order valence-corrected chi connectivity index (χ2v) is 9.26. The minimum absolute atomic E-state index is 0.108. The van der Waals surface area contributed by atoms with Gasteiger partial charge in [-0.15, -0.1) is 10.2 Å². The molecule has 0 radical (unpaired) electrons. The summed E-state index contributed by atoms with van der Waals surface area (Å²) in [5.74, 6) is 1.22. The highest BCUT2D eigenvalue weighted by molar-refractivity contribution is 7.99. The number of amides is 1. The summed E-state index contributed by atoms with van der Waals surface area (Å²) < 4.78 is 6.47. The molecular formula is C25H28N4O2S. The van der Waals surface area contributed by atoms with Crippen LogP contribution in [0.1, 0.15) is 55.2 Å². The van der Waals surface area contributed by atoms with Crippen LogP contribution in [0.2, 0.25) is 0 Å². The first kappa shape index (κ1) is 22.3. The van der Waals surface area contributed by atoms with Crippen molar-refractivity contribution in [1.82, 2.24) is 15.2 Å². The van der Waals surface area contributed by atoms with Crippen LogP contribution >= 0.6 is 11.8 Å². The van der Waals surface area contributed by atoms with Crippen molar-refractivity contribution in [3.05, 3.63) is 58.7 Å².